The van der Waals surface area contributed by atoms with Gasteiger partial charge in [-0.05, 0) is 41.5 Å². The number of aliphatic carboxylic acids is 1. The maximum absolute atomic E-state index is 11.2. The van der Waals surface area contributed by atoms with Gasteiger partial charge in [-0.25, -0.2) is 0 Å². The van der Waals surface area contributed by atoms with Crippen LogP contribution in [0.2, 0.25) is 5.02 Å². The summed E-state index contributed by atoms with van der Waals surface area (Å²) < 4.78 is 0. The standard InChI is InChI=1S/C13H15ClO2/c1-7(2)10-6-12(13(15)16)11-5-8(14)3-4-9(10)11/h3-5,7,10,12H,6H2,1-2H3,(H,15,16). The van der Waals surface area contributed by atoms with Crippen LogP contribution >= 0.6 is 11.6 Å². The van der Waals surface area contributed by atoms with Crippen LogP contribution in [0.1, 0.15) is 43.2 Å². The lowest BCUT2D eigenvalue weighted by Gasteiger charge is -2.15. The van der Waals surface area contributed by atoms with Crippen molar-refractivity contribution in [2.24, 2.45) is 5.92 Å². The largest absolute Gasteiger partial charge is 0.481 e. The van der Waals surface area contributed by atoms with Gasteiger partial charge in [-0.1, -0.05) is 31.5 Å². The van der Waals surface area contributed by atoms with Crippen molar-refractivity contribution < 1.29 is 9.90 Å². The van der Waals surface area contributed by atoms with Crippen LogP contribution in [-0.2, 0) is 4.79 Å². The van der Waals surface area contributed by atoms with E-state index in [1.54, 1.807) is 6.07 Å². The van der Waals surface area contributed by atoms with Crippen molar-refractivity contribution in [3.8, 4) is 0 Å². The zero-order chi connectivity index (χ0) is 11.9. The molecule has 0 saturated heterocycles. The predicted octanol–water partition coefficient (Wildman–Crippen LogP) is 3.65. The van der Waals surface area contributed by atoms with Gasteiger partial charge in [0.05, 0.1) is 5.92 Å². The fourth-order valence-corrected chi connectivity index (χ4v) is 2.74. The van der Waals surface area contributed by atoms with Gasteiger partial charge in [0.15, 0.2) is 0 Å². The van der Waals surface area contributed by atoms with Crippen LogP contribution in [-0.4, -0.2) is 11.1 Å². The van der Waals surface area contributed by atoms with Crippen molar-refractivity contribution in [2.75, 3.05) is 0 Å². The summed E-state index contributed by atoms with van der Waals surface area (Å²) in [6.07, 6.45) is 0.697. The number of hydrogen-bond acceptors (Lipinski definition) is 1. The van der Waals surface area contributed by atoms with E-state index in [1.807, 2.05) is 12.1 Å². The fourth-order valence-electron chi connectivity index (χ4n) is 2.56. The Kier molecular flexibility index (Phi) is 2.94. The Balaban J connectivity index is 2.48. The lowest BCUT2D eigenvalue weighted by molar-refractivity contribution is -0.138. The van der Waals surface area contributed by atoms with Crippen LogP contribution in [0, 0.1) is 5.92 Å². The molecule has 2 nitrogen and oxygen atoms in total. The summed E-state index contributed by atoms with van der Waals surface area (Å²) in [6, 6.07) is 5.63. The van der Waals surface area contributed by atoms with Crippen molar-refractivity contribution in [2.45, 2.75) is 32.1 Å². The van der Waals surface area contributed by atoms with E-state index in [9.17, 15) is 9.90 Å². The lowest BCUT2D eigenvalue weighted by Crippen LogP contribution is -2.09. The van der Waals surface area contributed by atoms with Gasteiger partial charge < -0.3 is 5.11 Å². The van der Waals surface area contributed by atoms with E-state index < -0.39 is 5.97 Å². The Morgan fingerprint density at radius 3 is 2.69 bits per heavy atom. The van der Waals surface area contributed by atoms with Gasteiger partial charge in [0, 0.05) is 5.02 Å². The number of carboxylic acids is 1. The van der Waals surface area contributed by atoms with Crippen LogP contribution in [0.25, 0.3) is 0 Å². The average Bonchev–Trinajstić information content (AvgIpc) is 2.56. The van der Waals surface area contributed by atoms with E-state index in [2.05, 4.69) is 13.8 Å². The van der Waals surface area contributed by atoms with Gasteiger partial charge in [0.25, 0.3) is 0 Å². The molecule has 1 aromatic rings. The second-order valence-corrected chi connectivity index (χ2v) is 5.19. The normalized spacial score (nSPS) is 23.5. The van der Waals surface area contributed by atoms with E-state index in [0.717, 1.165) is 11.1 Å². The van der Waals surface area contributed by atoms with E-state index in [-0.39, 0.29) is 5.92 Å². The third-order valence-electron chi connectivity index (χ3n) is 3.42. The molecule has 86 valence electrons. The highest BCUT2D eigenvalue weighted by Crippen LogP contribution is 2.46. The zero-order valence-corrected chi connectivity index (χ0v) is 10.2. The number of hydrogen-bond donors (Lipinski definition) is 1. The number of carbonyl (C=O) groups is 1. The summed E-state index contributed by atoms with van der Waals surface area (Å²) in [6.45, 7) is 4.26. The Labute approximate surface area is 100 Å². The quantitative estimate of drug-likeness (QED) is 0.854. The predicted molar refractivity (Wildman–Crippen MR) is 64.0 cm³/mol. The molecule has 0 aliphatic heterocycles. The molecule has 1 aliphatic carbocycles. The molecule has 0 aromatic heterocycles. The smallest absolute Gasteiger partial charge is 0.311 e. The molecule has 0 spiro atoms. The minimum absolute atomic E-state index is 0.341. The summed E-state index contributed by atoms with van der Waals surface area (Å²) >= 11 is 5.93. The van der Waals surface area contributed by atoms with Crippen LogP contribution in [0.4, 0.5) is 0 Å². The molecule has 0 heterocycles. The first kappa shape index (κ1) is 11.5. The summed E-state index contributed by atoms with van der Waals surface area (Å²) in [5, 5.41) is 9.83. The van der Waals surface area contributed by atoms with Gasteiger partial charge >= 0.3 is 5.97 Å². The third kappa shape index (κ3) is 1.82. The monoisotopic (exact) mass is 238 g/mol. The Bertz CT molecular complexity index is 426. The molecule has 3 heteroatoms. The Hall–Kier alpha value is -1.02. The van der Waals surface area contributed by atoms with E-state index in [0.29, 0.717) is 23.3 Å². The second kappa shape index (κ2) is 4.10. The van der Waals surface area contributed by atoms with Crippen molar-refractivity contribution in [1.82, 2.24) is 0 Å². The van der Waals surface area contributed by atoms with Crippen LogP contribution in [0.5, 0.6) is 0 Å². The molecule has 0 radical (unpaired) electrons. The molecule has 1 aliphatic rings. The zero-order valence-electron chi connectivity index (χ0n) is 9.40. The average molecular weight is 239 g/mol. The van der Waals surface area contributed by atoms with Crippen LogP contribution in [0.3, 0.4) is 0 Å². The topological polar surface area (TPSA) is 37.3 Å². The molecule has 16 heavy (non-hydrogen) atoms. The molecule has 0 saturated carbocycles. The molecule has 2 rings (SSSR count). The van der Waals surface area contributed by atoms with Crippen molar-refractivity contribution in [3.63, 3.8) is 0 Å². The molecule has 2 unspecified atom stereocenters. The summed E-state index contributed by atoms with van der Waals surface area (Å²) in [7, 11) is 0. The number of benzene rings is 1. The highest BCUT2D eigenvalue weighted by molar-refractivity contribution is 6.30. The van der Waals surface area contributed by atoms with Crippen molar-refractivity contribution in [3.05, 3.63) is 34.3 Å². The van der Waals surface area contributed by atoms with E-state index >= 15 is 0 Å². The maximum Gasteiger partial charge on any atom is 0.311 e. The maximum atomic E-state index is 11.2. The molecule has 0 fully saturated rings. The Morgan fingerprint density at radius 1 is 1.44 bits per heavy atom. The minimum atomic E-state index is -0.744. The van der Waals surface area contributed by atoms with Gasteiger partial charge in [0.2, 0.25) is 0 Å². The second-order valence-electron chi connectivity index (χ2n) is 4.75. The Morgan fingerprint density at radius 2 is 2.12 bits per heavy atom. The number of carboxylic acid groups (broad SMARTS) is 1. The third-order valence-corrected chi connectivity index (χ3v) is 3.65. The SMILES string of the molecule is CC(C)C1CC(C(=O)O)c2cc(Cl)ccc21. The van der Waals surface area contributed by atoms with Crippen LogP contribution < -0.4 is 0 Å². The summed E-state index contributed by atoms with van der Waals surface area (Å²) in [5.74, 6) is -0.328. The highest BCUT2D eigenvalue weighted by Gasteiger charge is 2.36. The molecule has 0 amide bonds. The molecular formula is C13H15ClO2. The molecule has 1 N–H and O–H groups in total. The molecular weight excluding hydrogens is 224 g/mol. The van der Waals surface area contributed by atoms with Gasteiger partial charge in [-0.2, -0.15) is 0 Å². The van der Waals surface area contributed by atoms with Crippen molar-refractivity contribution >= 4 is 17.6 Å². The van der Waals surface area contributed by atoms with Gasteiger partial charge in [0.1, 0.15) is 0 Å². The molecule has 2 atom stereocenters. The number of rotatable bonds is 2. The van der Waals surface area contributed by atoms with Gasteiger partial charge in [-0.15, -0.1) is 0 Å². The fraction of sp³-hybridized carbons (Fsp3) is 0.462. The van der Waals surface area contributed by atoms with Crippen molar-refractivity contribution in [1.29, 1.82) is 0 Å². The summed E-state index contributed by atoms with van der Waals surface area (Å²) in [4.78, 5) is 11.2. The lowest BCUT2D eigenvalue weighted by atomic mass is 9.90. The van der Waals surface area contributed by atoms with E-state index in [1.165, 1.54) is 0 Å². The minimum Gasteiger partial charge on any atom is -0.481 e. The number of halogens is 1. The van der Waals surface area contributed by atoms with E-state index in [4.69, 9.17) is 11.6 Å². The summed E-state index contributed by atoms with van der Waals surface area (Å²) in [5.41, 5.74) is 2.06. The first-order valence-corrected chi connectivity index (χ1v) is 5.90. The first-order valence-electron chi connectivity index (χ1n) is 5.53. The molecule has 1 aromatic carbocycles. The number of fused-ring (bicyclic) bond motifs is 1. The first-order chi connectivity index (χ1) is 7.50. The van der Waals surface area contributed by atoms with Crippen LogP contribution in [0.15, 0.2) is 18.2 Å². The van der Waals surface area contributed by atoms with Gasteiger partial charge in [-0.3, -0.25) is 4.79 Å². The highest BCUT2D eigenvalue weighted by atomic mass is 35.5. The molecule has 0 bridgehead atoms.